The van der Waals surface area contributed by atoms with Crippen LogP contribution in [0, 0.1) is 0 Å². The highest BCUT2D eigenvalue weighted by atomic mass is 35.5. The van der Waals surface area contributed by atoms with Gasteiger partial charge in [0.05, 0.1) is 18.0 Å². The molecule has 1 fully saturated rings. The van der Waals surface area contributed by atoms with E-state index in [4.69, 9.17) is 22.1 Å². The van der Waals surface area contributed by atoms with Gasteiger partial charge in [-0.15, -0.1) is 0 Å². The van der Waals surface area contributed by atoms with Crippen LogP contribution in [0.4, 0.5) is 11.4 Å². The van der Waals surface area contributed by atoms with Crippen LogP contribution in [-0.4, -0.2) is 25.7 Å². The van der Waals surface area contributed by atoms with Crippen LogP contribution in [0.5, 0.6) is 0 Å². The lowest BCUT2D eigenvalue weighted by Crippen LogP contribution is -2.35. The standard InChI is InChI=1S/C11H13ClN2O2/c1-14(9-4-5-16-11(9)15)10-6-7(12)2-3-8(10)13/h2-3,6,9H,4-5,13H2,1H3. The van der Waals surface area contributed by atoms with Gasteiger partial charge >= 0.3 is 5.97 Å². The van der Waals surface area contributed by atoms with Crippen LogP contribution in [0.3, 0.4) is 0 Å². The molecule has 5 heteroatoms. The van der Waals surface area contributed by atoms with E-state index in [2.05, 4.69) is 0 Å². The molecule has 0 radical (unpaired) electrons. The maximum absolute atomic E-state index is 11.4. The molecule has 1 aliphatic rings. The molecule has 1 aromatic carbocycles. The first-order chi connectivity index (χ1) is 7.59. The van der Waals surface area contributed by atoms with Gasteiger partial charge in [0.25, 0.3) is 0 Å². The Morgan fingerprint density at radius 1 is 1.56 bits per heavy atom. The van der Waals surface area contributed by atoms with Gasteiger partial charge in [0.1, 0.15) is 6.04 Å². The Balaban J connectivity index is 2.29. The summed E-state index contributed by atoms with van der Waals surface area (Å²) in [5, 5.41) is 0.599. The van der Waals surface area contributed by atoms with Gasteiger partial charge in [0.15, 0.2) is 0 Å². The first kappa shape index (κ1) is 11.1. The minimum atomic E-state index is -0.263. The molecule has 1 atom stereocenters. The second kappa shape index (κ2) is 4.22. The largest absolute Gasteiger partial charge is 0.464 e. The number of hydrogen-bond acceptors (Lipinski definition) is 4. The molecule has 4 nitrogen and oxygen atoms in total. The Morgan fingerprint density at radius 3 is 2.94 bits per heavy atom. The molecule has 1 aromatic rings. The average Bonchev–Trinajstić information content (AvgIpc) is 2.67. The maximum atomic E-state index is 11.4. The fourth-order valence-corrected chi connectivity index (χ4v) is 1.99. The highest BCUT2D eigenvalue weighted by Gasteiger charge is 2.31. The number of halogens is 1. The van der Waals surface area contributed by atoms with E-state index >= 15 is 0 Å². The summed E-state index contributed by atoms with van der Waals surface area (Å²) in [5.74, 6) is -0.207. The van der Waals surface area contributed by atoms with Crippen LogP contribution in [-0.2, 0) is 9.53 Å². The predicted octanol–water partition coefficient (Wildman–Crippen LogP) is 1.67. The first-order valence-corrected chi connectivity index (χ1v) is 5.42. The van der Waals surface area contributed by atoms with Crippen LogP contribution in [0.2, 0.25) is 5.02 Å². The molecule has 0 aliphatic carbocycles. The molecule has 2 rings (SSSR count). The van der Waals surface area contributed by atoms with Crippen molar-refractivity contribution in [3.8, 4) is 0 Å². The summed E-state index contributed by atoms with van der Waals surface area (Å²) in [5.41, 5.74) is 7.21. The molecule has 0 aromatic heterocycles. The van der Waals surface area contributed by atoms with Gasteiger partial charge in [-0.3, -0.25) is 0 Å². The van der Waals surface area contributed by atoms with Gasteiger partial charge < -0.3 is 15.4 Å². The van der Waals surface area contributed by atoms with Crippen LogP contribution in [0.15, 0.2) is 18.2 Å². The number of hydrogen-bond donors (Lipinski definition) is 1. The van der Waals surface area contributed by atoms with Crippen molar-refractivity contribution in [1.82, 2.24) is 0 Å². The fourth-order valence-electron chi connectivity index (χ4n) is 1.83. The summed E-state index contributed by atoms with van der Waals surface area (Å²) in [6.45, 7) is 0.467. The topological polar surface area (TPSA) is 55.6 Å². The van der Waals surface area contributed by atoms with Crippen LogP contribution >= 0.6 is 11.6 Å². The lowest BCUT2D eigenvalue weighted by atomic mass is 10.1. The van der Waals surface area contributed by atoms with E-state index in [1.165, 1.54) is 0 Å². The van der Waals surface area contributed by atoms with Gasteiger partial charge in [-0.2, -0.15) is 0 Å². The molecule has 16 heavy (non-hydrogen) atoms. The van der Waals surface area contributed by atoms with E-state index in [-0.39, 0.29) is 12.0 Å². The van der Waals surface area contributed by atoms with Gasteiger partial charge in [0.2, 0.25) is 0 Å². The number of rotatable bonds is 2. The lowest BCUT2D eigenvalue weighted by Gasteiger charge is -2.25. The van der Waals surface area contributed by atoms with Crippen molar-refractivity contribution >= 4 is 28.9 Å². The fraction of sp³-hybridized carbons (Fsp3) is 0.364. The number of anilines is 2. The van der Waals surface area contributed by atoms with Crippen molar-refractivity contribution in [2.75, 3.05) is 24.3 Å². The number of carbonyl (C=O) groups excluding carboxylic acids is 1. The van der Waals surface area contributed by atoms with Gasteiger partial charge in [-0.05, 0) is 18.2 Å². The molecule has 0 spiro atoms. The quantitative estimate of drug-likeness (QED) is 0.631. The van der Waals surface area contributed by atoms with Crippen LogP contribution in [0.1, 0.15) is 6.42 Å². The number of nitrogens with two attached hydrogens (primary N) is 1. The van der Waals surface area contributed by atoms with Gasteiger partial charge in [-0.1, -0.05) is 11.6 Å². The van der Waals surface area contributed by atoms with E-state index < -0.39 is 0 Å². The van der Waals surface area contributed by atoms with E-state index in [9.17, 15) is 4.79 Å². The summed E-state index contributed by atoms with van der Waals surface area (Å²) >= 11 is 5.91. The minimum Gasteiger partial charge on any atom is -0.464 e. The van der Waals surface area contributed by atoms with E-state index in [0.29, 0.717) is 23.7 Å². The molecule has 0 bridgehead atoms. The third-order valence-electron chi connectivity index (χ3n) is 2.75. The number of cyclic esters (lactones) is 1. The zero-order valence-electron chi connectivity index (χ0n) is 8.94. The maximum Gasteiger partial charge on any atom is 0.328 e. The zero-order valence-corrected chi connectivity index (χ0v) is 9.70. The molecular formula is C11H13ClN2O2. The van der Waals surface area contributed by atoms with Crippen LogP contribution in [0.25, 0.3) is 0 Å². The minimum absolute atomic E-state index is 0.207. The van der Waals surface area contributed by atoms with E-state index in [0.717, 1.165) is 5.69 Å². The molecule has 0 saturated carbocycles. The third-order valence-corrected chi connectivity index (χ3v) is 2.98. The Kier molecular flexibility index (Phi) is 2.92. The number of ether oxygens (including phenoxy) is 1. The van der Waals surface area contributed by atoms with E-state index in [1.54, 1.807) is 18.2 Å². The second-order valence-corrected chi connectivity index (χ2v) is 4.22. The Hall–Kier alpha value is -1.42. The monoisotopic (exact) mass is 240 g/mol. The van der Waals surface area contributed by atoms with E-state index in [1.807, 2.05) is 11.9 Å². The summed E-state index contributed by atoms with van der Waals surface area (Å²) < 4.78 is 4.92. The van der Waals surface area contributed by atoms with Crippen molar-refractivity contribution in [2.24, 2.45) is 0 Å². The Labute approximate surface area is 98.9 Å². The van der Waals surface area contributed by atoms with Crippen LogP contribution < -0.4 is 10.6 Å². The van der Waals surface area contributed by atoms with Crippen molar-refractivity contribution < 1.29 is 9.53 Å². The smallest absolute Gasteiger partial charge is 0.328 e. The second-order valence-electron chi connectivity index (χ2n) is 3.79. The summed E-state index contributed by atoms with van der Waals surface area (Å²) in [6.07, 6.45) is 0.682. The highest BCUT2D eigenvalue weighted by Crippen LogP contribution is 2.29. The molecule has 1 saturated heterocycles. The third kappa shape index (κ3) is 1.93. The SMILES string of the molecule is CN(c1cc(Cl)ccc1N)C1CCOC1=O. The van der Waals surface area contributed by atoms with Crippen molar-refractivity contribution in [3.05, 3.63) is 23.2 Å². The predicted molar refractivity (Wildman–Crippen MR) is 63.6 cm³/mol. The number of carbonyl (C=O) groups is 1. The number of nitrogen functional groups attached to an aromatic ring is 1. The van der Waals surface area contributed by atoms with Crippen molar-refractivity contribution in [1.29, 1.82) is 0 Å². The van der Waals surface area contributed by atoms with Crippen molar-refractivity contribution in [3.63, 3.8) is 0 Å². The zero-order chi connectivity index (χ0) is 11.7. The normalized spacial score (nSPS) is 19.6. The molecule has 86 valence electrons. The van der Waals surface area contributed by atoms with Crippen molar-refractivity contribution in [2.45, 2.75) is 12.5 Å². The Bertz CT molecular complexity index is 422. The number of esters is 1. The number of benzene rings is 1. The number of nitrogens with zero attached hydrogens (tertiary/aromatic N) is 1. The average molecular weight is 241 g/mol. The summed E-state index contributed by atoms with van der Waals surface area (Å²) in [6, 6.07) is 4.94. The van der Waals surface area contributed by atoms with Gasteiger partial charge in [0, 0.05) is 18.5 Å². The molecule has 2 N–H and O–H groups in total. The molecule has 1 aliphatic heterocycles. The molecule has 1 heterocycles. The highest BCUT2D eigenvalue weighted by molar-refractivity contribution is 6.31. The molecule has 0 amide bonds. The lowest BCUT2D eigenvalue weighted by molar-refractivity contribution is -0.139. The first-order valence-electron chi connectivity index (χ1n) is 5.04. The molecular weight excluding hydrogens is 228 g/mol. The number of likely N-dealkylation sites (N-methyl/N-ethyl adjacent to an activating group) is 1. The Morgan fingerprint density at radius 2 is 2.31 bits per heavy atom. The molecule has 1 unspecified atom stereocenters. The summed E-state index contributed by atoms with van der Waals surface area (Å²) in [4.78, 5) is 13.3. The van der Waals surface area contributed by atoms with Gasteiger partial charge in [-0.25, -0.2) is 4.79 Å². The summed E-state index contributed by atoms with van der Waals surface area (Å²) in [7, 11) is 1.82.